The number of hydrogen-bond acceptors (Lipinski definition) is 2. The molecular formula is C8H9FNO2S. The SMILES string of the molecule is CN(C)S(=O)(=O)c1c[c]ccc1F. The monoisotopic (exact) mass is 202 g/mol. The van der Waals surface area contributed by atoms with E-state index in [1.54, 1.807) is 0 Å². The molecule has 0 aromatic heterocycles. The van der Waals surface area contributed by atoms with E-state index in [1.807, 2.05) is 0 Å². The van der Waals surface area contributed by atoms with E-state index >= 15 is 0 Å². The van der Waals surface area contributed by atoms with Gasteiger partial charge in [0, 0.05) is 14.1 Å². The van der Waals surface area contributed by atoms with Crippen molar-refractivity contribution in [3.8, 4) is 0 Å². The molecule has 0 atom stereocenters. The molecule has 0 aliphatic carbocycles. The quantitative estimate of drug-likeness (QED) is 0.713. The number of nitrogens with zero attached hydrogens (tertiary/aromatic N) is 1. The van der Waals surface area contributed by atoms with Crippen molar-refractivity contribution in [2.75, 3.05) is 14.1 Å². The van der Waals surface area contributed by atoms with Gasteiger partial charge in [-0.25, -0.2) is 17.1 Å². The van der Waals surface area contributed by atoms with Gasteiger partial charge in [0.2, 0.25) is 10.0 Å². The molecule has 5 heteroatoms. The molecule has 0 N–H and O–H groups in total. The highest BCUT2D eigenvalue weighted by molar-refractivity contribution is 7.89. The van der Waals surface area contributed by atoms with Crippen LogP contribution in [0.5, 0.6) is 0 Å². The molecule has 0 fully saturated rings. The van der Waals surface area contributed by atoms with Crippen LogP contribution < -0.4 is 0 Å². The molecular weight excluding hydrogens is 193 g/mol. The minimum absolute atomic E-state index is 0.347. The van der Waals surface area contributed by atoms with Gasteiger partial charge in [-0.1, -0.05) is 6.07 Å². The summed E-state index contributed by atoms with van der Waals surface area (Å²) in [5, 5.41) is 0. The molecule has 0 saturated heterocycles. The molecule has 0 heterocycles. The molecule has 0 aliphatic rings. The number of benzene rings is 1. The van der Waals surface area contributed by atoms with Gasteiger partial charge in [-0.15, -0.1) is 0 Å². The highest BCUT2D eigenvalue weighted by Gasteiger charge is 2.20. The summed E-state index contributed by atoms with van der Waals surface area (Å²) in [6.45, 7) is 0. The van der Waals surface area contributed by atoms with Gasteiger partial charge in [-0.05, 0) is 18.2 Å². The zero-order valence-corrected chi connectivity index (χ0v) is 8.10. The Morgan fingerprint density at radius 3 is 2.54 bits per heavy atom. The Bertz CT molecular complexity index is 400. The van der Waals surface area contributed by atoms with Gasteiger partial charge >= 0.3 is 0 Å². The second kappa shape index (κ2) is 3.43. The van der Waals surface area contributed by atoms with Gasteiger partial charge < -0.3 is 0 Å². The van der Waals surface area contributed by atoms with Gasteiger partial charge in [0.1, 0.15) is 10.7 Å². The Kier molecular flexibility index (Phi) is 2.68. The topological polar surface area (TPSA) is 37.4 Å². The highest BCUT2D eigenvalue weighted by atomic mass is 32.2. The van der Waals surface area contributed by atoms with Gasteiger partial charge in [0.25, 0.3) is 0 Å². The minimum Gasteiger partial charge on any atom is -0.207 e. The van der Waals surface area contributed by atoms with Gasteiger partial charge in [0.15, 0.2) is 0 Å². The van der Waals surface area contributed by atoms with Crippen LogP contribution in [0.25, 0.3) is 0 Å². The number of rotatable bonds is 2. The summed E-state index contributed by atoms with van der Waals surface area (Å²) in [5.74, 6) is -0.757. The van der Waals surface area contributed by atoms with E-state index in [4.69, 9.17) is 0 Å². The van der Waals surface area contributed by atoms with E-state index < -0.39 is 15.8 Å². The summed E-state index contributed by atoms with van der Waals surface area (Å²) in [6.07, 6.45) is 0. The third-order valence-electron chi connectivity index (χ3n) is 1.53. The third kappa shape index (κ3) is 1.87. The molecule has 0 amide bonds. The second-order valence-corrected chi connectivity index (χ2v) is 4.76. The molecule has 0 aliphatic heterocycles. The predicted octanol–water partition coefficient (Wildman–Crippen LogP) is 0.876. The van der Waals surface area contributed by atoms with Gasteiger partial charge in [-0.2, -0.15) is 0 Å². The van der Waals surface area contributed by atoms with Crippen LogP contribution in [-0.4, -0.2) is 26.8 Å². The summed E-state index contributed by atoms with van der Waals surface area (Å²) in [5.41, 5.74) is 0. The van der Waals surface area contributed by atoms with E-state index in [1.165, 1.54) is 20.2 Å². The Morgan fingerprint density at radius 1 is 1.46 bits per heavy atom. The van der Waals surface area contributed by atoms with Crippen molar-refractivity contribution in [3.05, 3.63) is 30.1 Å². The maximum atomic E-state index is 13.0. The number of halogens is 1. The Balaban J connectivity index is 3.32. The molecule has 0 spiro atoms. The van der Waals surface area contributed by atoms with E-state index in [9.17, 15) is 12.8 Å². The van der Waals surface area contributed by atoms with Crippen LogP contribution in [-0.2, 0) is 10.0 Å². The summed E-state index contributed by atoms with van der Waals surface area (Å²) in [6, 6.07) is 6.02. The fourth-order valence-electron chi connectivity index (χ4n) is 0.791. The lowest BCUT2D eigenvalue weighted by Crippen LogP contribution is -2.23. The lowest BCUT2D eigenvalue weighted by Gasteiger charge is -2.11. The van der Waals surface area contributed by atoms with Crippen molar-refractivity contribution in [2.45, 2.75) is 4.90 Å². The van der Waals surface area contributed by atoms with Crippen molar-refractivity contribution >= 4 is 10.0 Å². The zero-order valence-electron chi connectivity index (χ0n) is 7.28. The maximum Gasteiger partial charge on any atom is 0.245 e. The van der Waals surface area contributed by atoms with Crippen LogP contribution >= 0.6 is 0 Å². The van der Waals surface area contributed by atoms with Gasteiger partial charge in [-0.3, -0.25) is 0 Å². The van der Waals surface area contributed by atoms with Crippen molar-refractivity contribution in [2.24, 2.45) is 0 Å². The average molecular weight is 202 g/mol. The summed E-state index contributed by atoms with van der Waals surface area (Å²) in [4.78, 5) is -0.347. The van der Waals surface area contributed by atoms with E-state index in [-0.39, 0.29) is 4.90 Å². The first-order valence-corrected chi connectivity index (χ1v) is 4.98. The normalized spacial score (nSPS) is 12.0. The number of hydrogen-bond donors (Lipinski definition) is 0. The molecule has 0 saturated carbocycles. The van der Waals surface area contributed by atoms with E-state index in [0.29, 0.717) is 0 Å². The fourth-order valence-corrected chi connectivity index (χ4v) is 1.72. The average Bonchev–Trinajstić information content (AvgIpc) is 2.04. The Hall–Kier alpha value is -0.940. The minimum atomic E-state index is -3.68. The smallest absolute Gasteiger partial charge is 0.207 e. The molecule has 1 aromatic carbocycles. The standard InChI is InChI=1S/C8H9FNO2S/c1-10(2)13(11,12)8-6-4-3-5-7(8)9/h3,5-6H,1-2H3. The highest BCUT2D eigenvalue weighted by Crippen LogP contribution is 2.15. The molecule has 1 rings (SSSR count). The van der Waals surface area contributed by atoms with E-state index in [0.717, 1.165) is 16.4 Å². The largest absolute Gasteiger partial charge is 0.245 e. The predicted molar refractivity (Wildman–Crippen MR) is 46.1 cm³/mol. The summed E-state index contributed by atoms with van der Waals surface area (Å²) >= 11 is 0. The fraction of sp³-hybridized carbons (Fsp3) is 0.250. The summed E-state index contributed by atoms with van der Waals surface area (Å²) in [7, 11) is -0.983. The lowest BCUT2D eigenvalue weighted by atomic mass is 10.4. The molecule has 0 unspecified atom stereocenters. The van der Waals surface area contributed by atoms with Crippen molar-refractivity contribution < 1.29 is 12.8 Å². The van der Waals surface area contributed by atoms with Crippen LogP contribution in [0, 0.1) is 11.9 Å². The third-order valence-corrected chi connectivity index (χ3v) is 3.36. The van der Waals surface area contributed by atoms with Crippen LogP contribution in [0.3, 0.4) is 0 Å². The van der Waals surface area contributed by atoms with Crippen LogP contribution in [0.2, 0.25) is 0 Å². The molecule has 3 nitrogen and oxygen atoms in total. The molecule has 13 heavy (non-hydrogen) atoms. The molecule has 1 radical (unpaired) electrons. The Labute approximate surface area is 76.8 Å². The lowest BCUT2D eigenvalue weighted by molar-refractivity contribution is 0.508. The van der Waals surface area contributed by atoms with Crippen molar-refractivity contribution in [3.63, 3.8) is 0 Å². The Morgan fingerprint density at radius 2 is 2.08 bits per heavy atom. The number of sulfonamides is 1. The van der Waals surface area contributed by atoms with Crippen LogP contribution in [0.4, 0.5) is 4.39 Å². The zero-order chi connectivity index (χ0) is 10.1. The summed E-state index contributed by atoms with van der Waals surface area (Å²) < 4.78 is 36.8. The maximum absolute atomic E-state index is 13.0. The first kappa shape index (κ1) is 10.1. The van der Waals surface area contributed by atoms with Crippen LogP contribution in [0.15, 0.2) is 23.1 Å². The molecule has 1 aromatic rings. The molecule has 71 valence electrons. The van der Waals surface area contributed by atoms with Crippen molar-refractivity contribution in [1.82, 2.24) is 4.31 Å². The first-order chi connectivity index (χ1) is 5.96. The first-order valence-electron chi connectivity index (χ1n) is 3.54. The van der Waals surface area contributed by atoms with E-state index in [2.05, 4.69) is 6.07 Å². The molecule has 0 bridgehead atoms. The van der Waals surface area contributed by atoms with Gasteiger partial charge in [0.05, 0.1) is 0 Å². The second-order valence-electron chi connectivity index (χ2n) is 2.64. The van der Waals surface area contributed by atoms with Crippen LogP contribution in [0.1, 0.15) is 0 Å². The van der Waals surface area contributed by atoms with Crippen molar-refractivity contribution in [1.29, 1.82) is 0 Å².